The molecule has 33 heavy (non-hydrogen) atoms. The first-order chi connectivity index (χ1) is 15.9. The molecule has 0 bridgehead atoms. The Labute approximate surface area is 191 Å². The number of Topliss-reactive ketones (excluding diaryl/α,β-unsaturated/α-hetero) is 1. The smallest absolute Gasteiger partial charge is 0.296 e. The van der Waals surface area contributed by atoms with Gasteiger partial charge in [0.25, 0.3) is 11.7 Å². The molecule has 1 N–H and O–H groups in total. The SMILES string of the molecule is CCN(CC)c1ccc(C2/C(=C(\O)c3ccc(F)cc3)C(=O)C(=O)N2Cc2ccco2)cc1. The zero-order valence-corrected chi connectivity index (χ0v) is 18.5. The first-order valence-electron chi connectivity index (χ1n) is 10.9. The highest BCUT2D eigenvalue weighted by Crippen LogP contribution is 2.40. The van der Waals surface area contributed by atoms with Crippen LogP contribution in [0.25, 0.3) is 5.76 Å². The molecule has 1 atom stereocenters. The predicted molar refractivity (Wildman–Crippen MR) is 123 cm³/mol. The Bertz CT molecular complexity index is 1160. The van der Waals surface area contributed by atoms with Gasteiger partial charge in [0.05, 0.1) is 24.4 Å². The van der Waals surface area contributed by atoms with Crippen LogP contribution in [-0.2, 0) is 16.1 Å². The molecule has 1 aromatic heterocycles. The van der Waals surface area contributed by atoms with Gasteiger partial charge in [-0.05, 0) is 67.9 Å². The lowest BCUT2D eigenvalue weighted by Gasteiger charge is -2.26. The van der Waals surface area contributed by atoms with Gasteiger partial charge in [0.1, 0.15) is 17.3 Å². The van der Waals surface area contributed by atoms with Gasteiger partial charge >= 0.3 is 0 Å². The number of aliphatic hydroxyl groups excluding tert-OH is 1. The largest absolute Gasteiger partial charge is 0.507 e. The highest BCUT2D eigenvalue weighted by Gasteiger charge is 2.46. The number of anilines is 1. The number of ketones is 1. The molecule has 6 nitrogen and oxygen atoms in total. The summed E-state index contributed by atoms with van der Waals surface area (Å²) < 4.78 is 18.8. The lowest BCUT2D eigenvalue weighted by Crippen LogP contribution is -2.29. The number of hydrogen-bond donors (Lipinski definition) is 1. The third kappa shape index (κ3) is 4.26. The Hall–Kier alpha value is -3.87. The molecule has 4 rings (SSSR count). The van der Waals surface area contributed by atoms with Crippen molar-refractivity contribution in [2.45, 2.75) is 26.4 Å². The molecule has 0 saturated carbocycles. The average Bonchev–Trinajstić information content (AvgIpc) is 3.43. The molecular weight excluding hydrogens is 423 g/mol. The lowest BCUT2D eigenvalue weighted by atomic mass is 9.95. The zero-order chi connectivity index (χ0) is 23.5. The maximum atomic E-state index is 13.4. The van der Waals surface area contributed by atoms with Crippen molar-refractivity contribution < 1.29 is 23.5 Å². The number of hydrogen-bond acceptors (Lipinski definition) is 5. The van der Waals surface area contributed by atoms with E-state index in [4.69, 9.17) is 4.42 Å². The Morgan fingerprint density at radius 1 is 1.03 bits per heavy atom. The number of amides is 1. The molecule has 2 heterocycles. The monoisotopic (exact) mass is 448 g/mol. The topological polar surface area (TPSA) is 74.0 Å². The molecule has 0 radical (unpaired) electrons. The third-order valence-electron chi connectivity index (χ3n) is 5.90. The standard InChI is InChI=1S/C26H25FN2O4/c1-3-28(4-2)20-13-9-17(10-14-20)23-22(24(30)18-7-11-19(27)12-8-18)25(31)26(32)29(23)16-21-6-5-15-33-21/h5-15,23,30H,3-4,16H2,1-2H3/b24-22+. The van der Waals surface area contributed by atoms with E-state index < -0.39 is 23.5 Å². The number of benzene rings is 2. The van der Waals surface area contributed by atoms with Crippen LogP contribution >= 0.6 is 0 Å². The minimum Gasteiger partial charge on any atom is -0.507 e. The minimum absolute atomic E-state index is 0.0336. The van der Waals surface area contributed by atoms with Crippen molar-refractivity contribution in [2.75, 3.05) is 18.0 Å². The molecular formula is C26H25FN2O4. The Kier molecular flexibility index (Phi) is 6.31. The van der Waals surface area contributed by atoms with Gasteiger partial charge in [-0.15, -0.1) is 0 Å². The number of nitrogens with zero attached hydrogens (tertiary/aromatic N) is 2. The van der Waals surface area contributed by atoms with E-state index in [9.17, 15) is 19.1 Å². The molecule has 1 fully saturated rings. The number of halogens is 1. The quantitative estimate of drug-likeness (QED) is 0.317. The Morgan fingerprint density at radius 3 is 2.27 bits per heavy atom. The van der Waals surface area contributed by atoms with Gasteiger partial charge in [0, 0.05) is 24.3 Å². The van der Waals surface area contributed by atoms with Crippen molar-refractivity contribution in [3.63, 3.8) is 0 Å². The summed E-state index contributed by atoms with van der Waals surface area (Å²) in [5, 5.41) is 11.0. The van der Waals surface area contributed by atoms with Gasteiger partial charge in [-0.25, -0.2) is 4.39 Å². The van der Waals surface area contributed by atoms with Gasteiger partial charge < -0.3 is 19.3 Å². The second-order valence-electron chi connectivity index (χ2n) is 7.78. The summed E-state index contributed by atoms with van der Waals surface area (Å²) in [5.41, 5.74) is 1.93. The second kappa shape index (κ2) is 9.32. The molecule has 1 aliphatic heterocycles. The summed E-state index contributed by atoms with van der Waals surface area (Å²) in [4.78, 5) is 29.6. The molecule has 1 saturated heterocycles. The van der Waals surface area contributed by atoms with Gasteiger partial charge in [0.15, 0.2) is 0 Å². The number of furan rings is 1. The van der Waals surface area contributed by atoms with Crippen molar-refractivity contribution in [1.82, 2.24) is 4.90 Å². The van der Waals surface area contributed by atoms with E-state index in [1.807, 2.05) is 24.3 Å². The van der Waals surface area contributed by atoms with Crippen LogP contribution in [0.15, 0.2) is 76.9 Å². The summed E-state index contributed by atoms with van der Waals surface area (Å²) in [6.45, 7) is 5.89. The fourth-order valence-corrected chi connectivity index (χ4v) is 4.18. The fraction of sp³-hybridized carbons (Fsp3) is 0.231. The van der Waals surface area contributed by atoms with E-state index in [0.717, 1.165) is 18.8 Å². The van der Waals surface area contributed by atoms with Crippen LogP contribution in [0.3, 0.4) is 0 Å². The summed E-state index contributed by atoms with van der Waals surface area (Å²) in [5.74, 6) is -1.81. The van der Waals surface area contributed by atoms with Crippen LogP contribution in [-0.4, -0.2) is 34.8 Å². The van der Waals surface area contributed by atoms with Crippen LogP contribution in [0, 0.1) is 5.82 Å². The molecule has 7 heteroatoms. The minimum atomic E-state index is -0.814. The number of rotatable bonds is 7. The Balaban J connectivity index is 1.82. The molecule has 1 unspecified atom stereocenters. The maximum absolute atomic E-state index is 13.4. The maximum Gasteiger partial charge on any atom is 0.296 e. The summed E-state index contributed by atoms with van der Waals surface area (Å²) in [6, 6.07) is 15.4. The molecule has 3 aromatic rings. The third-order valence-corrected chi connectivity index (χ3v) is 5.90. The average molecular weight is 448 g/mol. The summed E-state index contributed by atoms with van der Waals surface area (Å²) >= 11 is 0. The van der Waals surface area contributed by atoms with E-state index in [-0.39, 0.29) is 23.4 Å². The highest BCUT2D eigenvalue weighted by atomic mass is 19.1. The number of aliphatic hydroxyl groups is 1. The number of carbonyl (C=O) groups excluding carboxylic acids is 2. The van der Waals surface area contributed by atoms with Crippen molar-refractivity contribution in [1.29, 1.82) is 0 Å². The Morgan fingerprint density at radius 2 is 1.70 bits per heavy atom. The van der Waals surface area contributed by atoms with Gasteiger partial charge in [-0.1, -0.05) is 12.1 Å². The number of likely N-dealkylation sites (tertiary alicyclic amines) is 1. The fourth-order valence-electron chi connectivity index (χ4n) is 4.18. The first-order valence-corrected chi connectivity index (χ1v) is 10.9. The van der Waals surface area contributed by atoms with E-state index in [2.05, 4.69) is 18.7 Å². The normalized spacial score (nSPS) is 17.5. The van der Waals surface area contributed by atoms with E-state index >= 15 is 0 Å². The van der Waals surface area contributed by atoms with Crippen LogP contribution in [0.4, 0.5) is 10.1 Å². The predicted octanol–water partition coefficient (Wildman–Crippen LogP) is 4.89. The highest BCUT2D eigenvalue weighted by molar-refractivity contribution is 6.46. The van der Waals surface area contributed by atoms with Crippen molar-refractivity contribution in [3.05, 3.63) is 95.2 Å². The second-order valence-corrected chi connectivity index (χ2v) is 7.78. The van der Waals surface area contributed by atoms with Crippen LogP contribution in [0.2, 0.25) is 0 Å². The van der Waals surface area contributed by atoms with Crippen LogP contribution < -0.4 is 4.90 Å². The molecule has 2 aromatic carbocycles. The molecule has 1 aliphatic rings. The molecule has 0 aliphatic carbocycles. The molecule has 0 spiro atoms. The van der Waals surface area contributed by atoms with E-state index in [1.54, 1.807) is 12.1 Å². The van der Waals surface area contributed by atoms with E-state index in [0.29, 0.717) is 11.3 Å². The lowest BCUT2D eigenvalue weighted by molar-refractivity contribution is -0.140. The van der Waals surface area contributed by atoms with Crippen molar-refractivity contribution in [3.8, 4) is 0 Å². The molecule has 1 amide bonds. The molecule has 170 valence electrons. The van der Waals surface area contributed by atoms with Crippen LogP contribution in [0.5, 0.6) is 0 Å². The van der Waals surface area contributed by atoms with Gasteiger partial charge in [-0.3, -0.25) is 9.59 Å². The zero-order valence-electron chi connectivity index (χ0n) is 18.5. The van der Waals surface area contributed by atoms with Crippen molar-refractivity contribution in [2.24, 2.45) is 0 Å². The van der Waals surface area contributed by atoms with E-state index in [1.165, 1.54) is 35.4 Å². The van der Waals surface area contributed by atoms with Gasteiger partial charge in [0.2, 0.25) is 0 Å². The summed E-state index contributed by atoms with van der Waals surface area (Å²) in [6.07, 6.45) is 1.50. The van der Waals surface area contributed by atoms with Gasteiger partial charge in [-0.2, -0.15) is 0 Å². The van der Waals surface area contributed by atoms with Crippen LogP contribution in [0.1, 0.15) is 36.8 Å². The van der Waals surface area contributed by atoms with Crippen molar-refractivity contribution >= 4 is 23.1 Å². The number of carbonyl (C=O) groups is 2. The first kappa shape index (κ1) is 22.3. The summed E-state index contributed by atoms with van der Waals surface area (Å²) in [7, 11) is 0.